The third-order valence-corrected chi connectivity index (χ3v) is 3.93. The van der Waals surface area contributed by atoms with Gasteiger partial charge in [-0.2, -0.15) is 4.68 Å². The number of aryl methyl sites for hydroxylation is 1. The van der Waals surface area contributed by atoms with Gasteiger partial charge in [-0.15, -0.1) is 5.10 Å². The molecule has 8 nitrogen and oxygen atoms in total. The van der Waals surface area contributed by atoms with Gasteiger partial charge in [0.1, 0.15) is 0 Å². The zero-order valence-electron chi connectivity index (χ0n) is 13.8. The number of amides is 2. The summed E-state index contributed by atoms with van der Waals surface area (Å²) >= 11 is 1.21. The minimum Gasteiger partial charge on any atom is -0.352 e. The maximum Gasteiger partial charge on any atom is 0.239 e. The van der Waals surface area contributed by atoms with Gasteiger partial charge < -0.3 is 10.6 Å². The van der Waals surface area contributed by atoms with Gasteiger partial charge in [-0.05, 0) is 42.8 Å². The van der Waals surface area contributed by atoms with Crippen LogP contribution < -0.4 is 10.6 Å². The van der Waals surface area contributed by atoms with Crippen LogP contribution in [0.25, 0.3) is 5.69 Å². The van der Waals surface area contributed by atoms with E-state index in [1.165, 1.54) is 11.8 Å². The lowest BCUT2D eigenvalue weighted by molar-refractivity contribution is -0.125. The third-order valence-electron chi connectivity index (χ3n) is 3.01. The number of rotatable bonds is 7. The molecule has 1 aromatic carbocycles. The number of carbonyl (C=O) groups excluding carboxylic acids is 2. The molecule has 0 aliphatic rings. The molecule has 0 saturated carbocycles. The molecule has 0 bridgehead atoms. The van der Waals surface area contributed by atoms with Gasteiger partial charge in [-0.1, -0.05) is 30.0 Å². The van der Waals surface area contributed by atoms with Gasteiger partial charge in [-0.3, -0.25) is 9.59 Å². The molecular weight excluding hydrogens is 328 g/mol. The highest BCUT2D eigenvalue weighted by atomic mass is 32.2. The molecule has 9 heteroatoms. The Bertz CT molecular complexity index is 715. The number of nitrogens with one attached hydrogen (secondary N) is 2. The second kappa shape index (κ2) is 8.44. The van der Waals surface area contributed by atoms with Crippen LogP contribution >= 0.6 is 11.8 Å². The Labute approximate surface area is 144 Å². The highest BCUT2D eigenvalue weighted by molar-refractivity contribution is 7.99. The van der Waals surface area contributed by atoms with Crippen LogP contribution in [0, 0.1) is 6.92 Å². The summed E-state index contributed by atoms with van der Waals surface area (Å²) in [5.41, 5.74) is 1.89. The molecule has 0 spiro atoms. The number of para-hydroxylation sites is 1. The molecular formula is C15H20N6O2S. The molecule has 0 radical (unpaired) electrons. The molecule has 2 N–H and O–H groups in total. The second-order valence-corrected chi connectivity index (χ2v) is 6.39. The zero-order valence-corrected chi connectivity index (χ0v) is 14.6. The van der Waals surface area contributed by atoms with E-state index in [9.17, 15) is 9.59 Å². The van der Waals surface area contributed by atoms with E-state index in [2.05, 4.69) is 26.2 Å². The highest BCUT2D eigenvalue weighted by Crippen LogP contribution is 2.19. The van der Waals surface area contributed by atoms with Crippen LogP contribution in [0.3, 0.4) is 0 Å². The summed E-state index contributed by atoms with van der Waals surface area (Å²) in [5, 5.41) is 17.4. The fraction of sp³-hybridized carbons (Fsp3) is 0.400. The average Bonchev–Trinajstić information content (AvgIpc) is 2.99. The van der Waals surface area contributed by atoms with Gasteiger partial charge >= 0.3 is 0 Å². The van der Waals surface area contributed by atoms with Crippen LogP contribution in [0.4, 0.5) is 0 Å². The standard InChI is InChI=1S/C15H20N6O2S/c1-10(2)17-13(22)8-16-14(23)9-24-15-18-19-20-21(15)12-7-5-4-6-11(12)3/h4-7,10H,8-9H2,1-3H3,(H,16,23)(H,17,22). The molecule has 2 amide bonds. The molecule has 2 rings (SSSR count). The minimum absolute atomic E-state index is 0.0414. The zero-order chi connectivity index (χ0) is 17.5. The van der Waals surface area contributed by atoms with Gasteiger partial charge in [0.25, 0.3) is 0 Å². The summed E-state index contributed by atoms with van der Waals surface area (Å²) in [6.07, 6.45) is 0. The minimum atomic E-state index is -0.252. The van der Waals surface area contributed by atoms with Crippen LogP contribution in [0.15, 0.2) is 29.4 Å². The van der Waals surface area contributed by atoms with Gasteiger partial charge in [0.15, 0.2) is 0 Å². The van der Waals surface area contributed by atoms with E-state index in [-0.39, 0.29) is 30.2 Å². The molecule has 1 heterocycles. The number of hydrogen-bond acceptors (Lipinski definition) is 6. The number of thioether (sulfide) groups is 1. The quantitative estimate of drug-likeness (QED) is 0.714. The smallest absolute Gasteiger partial charge is 0.239 e. The monoisotopic (exact) mass is 348 g/mol. The van der Waals surface area contributed by atoms with E-state index < -0.39 is 0 Å². The number of carbonyl (C=O) groups is 2. The Balaban J connectivity index is 1.90. The van der Waals surface area contributed by atoms with E-state index in [1.807, 2.05) is 45.0 Å². The maximum absolute atomic E-state index is 11.9. The SMILES string of the molecule is Cc1ccccc1-n1nnnc1SCC(=O)NCC(=O)NC(C)C. The van der Waals surface area contributed by atoms with E-state index >= 15 is 0 Å². The largest absolute Gasteiger partial charge is 0.352 e. The summed E-state index contributed by atoms with van der Waals surface area (Å²) in [4.78, 5) is 23.4. The van der Waals surface area contributed by atoms with Crippen molar-refractivity contribution in [2.45, 2.75) is 32.0 Å². The molecule has 24 heavy (non-hydrogen) atoms. The molecule has 0 aliphatic heterocycles. The average molecular weight is 348 g/mol. The number of aromatic nitrogens is 4. The van der Waals surface area contributed by atoms with Crippen molar-refractivity contribution >= 4 is 23.6 Å². The van der Waals surface area contributed by atoms with Gasteiger partial charge in [0.05, 0.1) is 18.0 Å². The topological polar surface area (TPSA) is 102 Å². The number of benzene rings is 1. The summed E-state index contributed by atoms with van der Waals surface area (Å²) < 4.78 is 1.60. The molecule has 1 aromatic heterocycles. The van der Waals surface area contributed by atoms with E-state index in [4.69, 9.17) is 0 Å². The second-order valence-electron chi connectivity index (χ2n) is 5.45. The summed E-state index contributed by atoms with van der Waals surface area (Å²) in [6, 6.07) is 7.75. The van der Waals surface area contributed by atoms with Crippen LogP contribution in [-0.2, 0) is 9.59 Å². The van der Waals surface area contributed by atoms with E-state index in [1.54, 1.807) is 4.68 Å². The predicted molar refractivity (Wildman–Crippen MR) is 90.9 cm³/mol. The lowest BCUT2D eigenvalue weighted by Crippen LogP contribution is -2.40. The first-order valence-corrected chi connectivity index (χ1v) is 8.49. The highest BCUT2D eigenvalue weighted by Gasteiger charge is 2.13. The molecule has 0 aliphatic carbocycles. The van der Waals surface area contributed by atoms with Crippen molar-refractivity contribution in [3.63, 3.8) is 0 Å². The first kappa shape index (κ1) is 17.9. The molecule has 2 aromatic rings. The Morgan fingerprint density at radius 2 is 2.00 bits per heavy atom. The Morgan fingerprint density at radius 1 is 1.25 bits per heavy atom. The summed E-state index contributed by atoms with van der Waals surface area (Å²) in [6.45, 7) is 5.65. The Hall–Kier alpha value is -2.42. The van der Waals surface area contributed by atoms with Crippen LogP contribution in [-0.4, -0.2) is 50.4 Å². The normalized spacial score (nSPS) is 10.7. The molecule has 0 fully saturated rings. The lowest BCUT2D eigenvalue weighted by atomic mass is 10.2. The van der Waals surface area contributed by atoms with Gasteiger partial charge in [0, 0.05) is 6.04 Å². The van der Waals surface area contributed by atoms with Gasteiger partial charge in [-0.25, -0.2) is 0 Å². The predicted octanol–water partition coefficient (Wildman–Crippen LogP) is 0.704. The van der Waals surface area contributed by atoms with Crippen molar-refractivity contribution in [2.75, 3.05) is 12.3 Å². The van der Waals surface area contributed by atoms with Crippen LogP contribution in [0.2, 0.25) is 0 Å². The molecule has 128 valence electrons. The third kappa shape index (κ3) is 5.05. The molecule has 0 saturated heterocycles. The first-order chi connectivity index (χ1) is 11.5. The van der Waals surface area contributed by atoms with Crippen molar-refractivity contribution in [1.82, 2.24) is 30.8 Å². The number of hydrogen-bond donors (Lipinski definition) is 2. The summed E-state index contributed by atoms with van der Waals surface area (Å²) in [5.74, 6) is -0.340. The molecule has 0 unspecified atom stereocenters. The van der Waals surface area contributed by atoms with Crippen molar-refractivity contribution in [2.24, 2.45) is 0 Å². The van der Waals surface area contributed by atoms with Crippen LogP contribution in [0.5, 0.6) is 0 Å². The van der Waals surface area contributed by atoms with E-state index in [0.717, 1.165) is 11.3 Å². The fourth-order valence-corrected chi connectivity index (χ4v) is 2.67. The maximum atomic E-state index is 11.9. The van der Waals surface area contributed by atoms with Crippen molar-refractivity contribution in [3.05, 3.63) is 29.8 Å². The van der Waals surface area contributed by atoms with Crippen molar-refractivity contribution in [1.29, 1.82) is 0 Å². The Kier molecular flexibility index (Phi) is 6.30. The van der Waals surface area contributed by atoms with Crippen molar-refractivity contribution in [3.8, 4) is 5.69 Å². The van der Waals surface area contributed by atoms with Crippen molar-refractivity contribution < 1.29 is 9.59 Å². The van der Waals surface area contributed by atoms with Gasteiger partial charge in [0.2, 0.25) is 17.0 Å². The fourth-order valence-electron chi connectivity index (χ4n) is 1.95. The number of nitrogens with zero attached hydrogens (tertiary/aromatic N) is 4. The molecule has 0 atom stereocenters. The lowest BCUT2D eigenvalue weighted by Gasteiger charge is -2.09. The Morgan fingerprint density at radius 3 is 2.71 bits per heavy atom. The summed E-state index contributed by atoms with van der Waals surface area (Å²) in [7, 11) is 0. The van der Waals surface area contributed by atoms with E-state index in [0.29, 0.717) is 5.16 Å². The first-order valence-electron chi connectivity index (χ1n) is 7.50. The number of tetrazole rings is 1. The van der Waals surface area contributed by atoms with Crippen LogP contribution in [0.1, 0.15) is 19.4 Å².